The Labute approximate surface area is 40.4 Å². The molecule has 1 fully saturated rings. The maximum atomic E-state index is 10.6. The van der Waals surface area contributed by atoms with Crippen molar-refractivity contribution < 1.29 is 4.31 Å². The quantitative estimate of drug-likeness (QED) is 0.284. The second kappa shape index (κ2) is 1.05. The Balaban J connectivity index is 2.31. The maximum absolute atomic E-state index is 10.6. The summed E-state index contributed by atoms with van der Waals surface area (Å²) in [6, 6.07) is 0. The van der Waals surface area contributed by atoms with E-state index in [0.29, 0.717) is 0 Å². The fraction of sp³-hybridized carbons (Fsp3) is 1.00. The molecule has 1 heterocycles. The predicted molar refractivity (Wildman–Crippen MR) is 27.9 cm³/mol. The Morgan fingerprint density at radius 3 is 1.83 bits per heavy atom. The van der Waals surface area contributed by atoms with Gasteiger partial charge in [-0.3, -0.25) is 0 Å². The lowest BCUT2D eigenvalue weighted by Gasteiger charge is -2.48. The number of hydrogen-bond acceptors (Lipinski definition) is 1. The molecule has 0 bridgehead atoms. The highest BCUT2D eigenvalue weighted by Gasteiger charge is 2.17. The molecule has 0 unspecified atom stereocenters. The van der Waals surface area contributed by atoms with E-state index < -0.39 is 0 Å². The van der Waals surface area contributed by atoms with Crippen LogP contribution in [-0.4, -0.2) is 27.8 Å². The molecule has 0 N–H and O–H groups in total. The Morgan fingerprint density at radius 2 is 1.83 bits per heavy atom. The van der Waals surface area contributed by atoms with Gasteiger partial charge >= 0.3 is 0 Å². The van der Waals surface area contributed by atoms with Crippen LogP contribution in [0.2, 0.25) is 0 Å². The molecule has 2 nitrogen and oxygen atoms in total. The standard InChI is InChI=1S/C3H9NOSi/c5-4(6)2-1-3-4/h1-3H2,6H3. The zero-order chi connectivity index (χ0) is 4.62. The minimum absolute atomic E-state index is 0.139. The fourth-order valence-electron chi connectivity index (χ4n) is 0.603. The molecule has 6 heavy (non-hydrogen) atoms. The topological polar surface area (TPSA) is 23.1 Å². The Kier molecular flexibility index (Phi) is 0.755. The van der Waals surface area contributed by atoms with Gasteiger partial charge in [0.1, 0.15) is 0 Å². The van der Waals surface area contributed by atoms with Crippen LogP contribution in [0.4, 0.5) is 0 Å². The molecule has 3 heteroatoms. The average Bonchev–Trinajstić information content (AvgIpc) is 1.32. The highest BCUT2D eigenvalue weighted by molar-refractivity contribution is 5.97. The van der Waals surface area contributed by atoms with Crippen LogP contribution < -0.4 is 0 Å². The number of nitrogens with zero attached hydrogens (tertiary/aromatic N) is 1. The van der Waals surface area contributed by atoms with Crippen LogP contribution in [0.5, 0.6) is 0 Å². The molecule has 0 saturated carbocycles. The van der Waals surface area contributed by atoms with E-state index in [-0.39, 0.29) is 4.31 Å². The smallest absolute Gasteiger partial charge is 0.239 e. The summed E-state index contributed by atoms with van der Waals surface area (Å²) in [7, 11) is 0.797. The van der Waals surface area contributed by atoms with Gasteiger partial charge in [-0.25, -0.2) is 0 Å². The van der Waals surface area contributed by atoms with Gasteiger partial charge in [0.25, 0.3) is 0 Å². The van der Waals surface area contributed by atoms with Crippen LogP contribution in [0.25, 0.3) is 0 Å². The van der Waals surface area contributed by atoms with Crippen molar-refractivity contribution in [1.82, 2.24) is 0 Å². The average molecular weight is 103 g/mol. The normalized spacial score (nSPS) is 29.5. The van der Waals surface area contributed by atoms with E-state index in [0.717, 1.165) is 29.9 Å². The van der Waals surface area contributed by atoms with Crippen molar-refractivity contribution >= 4 is 10.4 Å². The molecule has 36 valence electrons. The first-order chi connectivity index (χ1) is 2.71. The number of quaternary nitrogens is 1. The van der Waals surface area contributed by atoms with Gasteiger partial charge < -0.3 is 9.52 Å². The highest BCUT2D eigenvalue weighted by atomic mass is 28.2. The van der Waals surface area contributed by atoms with Crippen molar-refractivity contribution in [3.8, 4) is 0 Å². The Bertz CT molecular complexity index is 57.8. The molecule has 1 aliphatic heterocycles. The molecular weight excluding hydrogens is 94.1 g/mol. The lowest BCUT2D eigenvalue weighted by molar-refractivity contribution is -0.807. The van der Waals surface area contributed by atoms with Crippen LogP contribution in [0.3, 0.4) is 0 Å². The van der Waals surface area contributed by atoms with Crippen molar-refractivity contribution in [1.29, 1.82) is 0 Å². The highest BCUT2D eigenvalue weighted by Crippen LogP contribution is 2.10. The SMILES string of the molecule is [O-][N+]1([SiH3])CCC1. The van der Waals surface area contributed by atoms with Gasteiger partial charge in [0, 0.05) is 6.42 Å². The van der Waals surface area contributed by atoms with Crippen molar-refractivity contribution in [3.05, 3.63) is 5.21 Å². The summed E-state index contributed by atoms with van der Waals surface area (Å²) in [6.45, 7) is 1.79. The third-order valence-electron chi connectivity index (χ3n) is 1.26. The van der Waals surface area contributed by atoms with Crippen molar-refractivity contribution in [2.75, 3.05) is 13.1 Å². The molecule has 0 aliphatic carbocycles. The van der Waals surface area contributed by atoms with Crippen LogP contribution in [0, 0.1) is 5.21 Å². The molecule has 0 atom stereocenters. The molecule has 0 radical (unpaired) electrons. The van der Waals surface area contributed by atoms with Gasteiger partial charge in [0.05, 0.1) is 13.1 Å². The molecule has 1 saturated heterocycles. The summed E-state index contributed by atoms with van der Waals surface area (Å²) >= 11 is 0. The van der Waals surface area contributed by atoms with E-state index in [1.54, 1.807) is 0 Å². The van der Waals surface area contributed by atoms with Gasteiger partial charge in [-0.2, -0.15) is 0 Å². The monoisotopic (exact) mass is 103 g/mol. The zero-order valence-corrected chi connectivity index (χ0v) is 5.98. The summed E-state index contributed by atoms with van der Waals surface area (Å²) in [4.78, 5) is 0. The molecule has 1 aliphatic rings. The van der Waals surface area contributed by atoms with Gasteiger partial charge in [0.15, 0.2) is 0 Å². The van der Waals surface area contributed by atoms with E-state index >= 15 is 0 Å². The minimum Gasteiger partial charge on any atom is -0.653 e. The molecule has 0 aromatic carbocycles. The lowest BCUT2D eigenvalue weighted by Crippen LogP contribution is -2.50. The summed E-state index contributed by atoms with van der Waals surface area (Å²) < 4.78 is 0.139. The van der Waals surface area contributed by atoms with E-state index in [1.165, 1.54) is 0 Å². The first kappa shape index (κ1) is 4.30. The van der Waals surface area contributed by atoms with Crippen molar-refractivity contribution in [2.24, 2.45) is 0 Å². The zero-order valence-electron chi connectivity index (χ0n) is 3.98. The second-order valence-electron chi connectivity index (χ2n) is 2.10. The second-order valence-corrected chi connectivity index (χ2v) is 3.73. The summed E-state index contributed by atoms with van der Waals surface area (Å²) in [6.07, 6.45) is 1.16. The fourth-order valence-corrected chi connectivity index (χ4v) is 1.24. The van der Waals surface area contributed by atoms with Crippen molar-refractivity contribution in [2.45, 2.75) is 6.42 Å². The Morgan fingerprint density at radius 1 is 1.50 bits per heavy atom. The first-order valence-corrected chi connectivity index (χ1v) is 3.16. The van der Waals surface area contributed by atoms with Gasteiger partial charge in [0.2, 0.25) is 10.4 Å². The van der Waals surface area contributed by atoms with Gasteiger partial charge in [-0.1, -0.05) is 0 Å². The number of rotatable bonds is 0. The molecule has 1 rings (SSSR count). The number of hydrogen-bond donors (Lipinski definition) is 0. The van der Waals surface area contributed by atoms with E-state index in [4.69, 9.17) is 0 Å². The third-order valence-corrected chi connectivity index (χ3v) is 2.16. The predicted octanol–water partition coefficient (Wildman–Crippen LogP) is -1.01. The summed E-state index contributed by atoms with van der Waals surface area (Å²) in [5, 5.41) is 10.6. The first-order valence-electron chi connectivity index (χ1n) is 2.26. The molecular formula is C3H9NOSi. The molecule has 0 aromatic rings. The minimum atomic E-state index is 0.139. The maximum Gasteiger partial charge on any atom is 0.239 e. The van der Waals surface area contributed by atoms with Gasteiger partial charge in [-0.05, 0) is 0 Å². The van der Waals surface area contributed by atoms with Crippen LogP contribution in [0.15, 0.2) is 0 Å². The van der Waals surface area contributed by atoms with E-state index in [9.17, 15) is 5.21 Å². The Hall–Kier alpha value is 0.137. The summed E-state index contributed by atoms with van der Waals surface area (Å²) in [5.41, 5.74) is 0. The van der Waals surface area contributed by atoms with E-state index in [1.807, 2.05) is 0 Å². The van der Waals surface area contributed by atoms with Crippen LogP contribution >= 0.6 is 0 Å². The molecule has 0 aromatic heterocycles. The van der Waals surface area contributed by atoms with Crippen LogP contribution in [0.1, 0.15) is 6.42 Å². The largest absolute Gasteiger partial charge is 0.653 e. The lowest BCUT2D eigenvalue weighted by atomic mass is 10.3. The number of hydroxylamine groups is 2. The van der Waals surface area contributed by atoms with Gasteiger partial charge in [-0.15, -0.1) is 0 Å². The summed E-state index contributed by atoms with van der Waals surface area (Å²) in [5.74, 6) is 0. The molecule has 0 amide bonds. The van der Waals surface area contributed by atoms with Crippen molar-refractivity contribution in [3.63, 3.8) is 0 Å². The van der Waals surface area contributed by atoms with E-state index in [2.05, 4.69) is 0 Å². The van der Waals surface area contributed by atoms with Crippen LogP contribution in [-0.2, 0) is 0 Å². The third kappa shape index (κ3) is 0.615. The molecule has 0 spiro atoms.